The third kappa shape index (κ3) is 4.60. The molecule has 4 rings (SSSR count). The molecule has 0 aromatic heterocycles. The van der Waals surface area contributed by atoms with Crippen molar-refractivity contribution in [3.05, 3.63) is 45.7 Å². The molecule has 0 bridgehead atoms. The number of benzene rings is 1. The van der Waals surface area contributed by atoms with Crippen LogP contribution in [0.3, 0.4) is 0 Å². The Hall–Kier alpha value is -2.40. The Morgan fingerprint density at radius 1 is 1.20 bits per heavy atom. The van der Waals surface area contributed by atoms with Crippen molar-refractivity contribution < 1.29 is 52.3 Å². The van der Waals surface area contributed by atoms with Crippen LogP contribution in [0.25, 0.3) is 5.76 Å². The Balaban J connectivity index is 1.79. The lowest BCUT2D eigenvalue weighted by molar-refractivity contribution is -0.462. The number of aromatic hydroxyl groups is 1. The monoisotopic (exact) mass is 595 g/mol. The highest BCUT2D eigenvalue weighted by molar-refractivity contribution is 6.21. The number of halogens is 1. The second kappa shape index (κ2) is 9.24. The number of aliphatic hydroxyl groups is 2. The van der Waals surface area contributed by atoms with Gasteiger partial charge in [-0.3, -0.25) is 14.4 Å². The van der Waals surface area contributed by atoms with E-state index in [0.717, 1.165) is 12.1 Å². The molecule has 4 atom stereocenters. The Bertz CT molecular complexity index is 1180. The minimum absolute atomic E-state index is 0.0559. The van der Waals surface area contributed by atoms with Gasteiger partial charge in [-0.25, -0.2) is 0 Å². The predicted octanol–water partition coefficient (Wildman–Crippen LogP) is -0.586. The van der Waals surface area contributed by atoms with Crippen molar-refractivity contribution in [3.8, 4) is 5.75 Å². The molecule has 8 nitrogen and oxygen atoms in total. The maximum Gasteiger partial charge on any atom is 0.259 e. The molecular formula is C26H32IN2O6+. The molecule has 3 aliphatic rings. The number of allylic oxidation sites excluding steroid dienone is 2. The van der Waals surface area contributed by atoms with Crippen molar-refractivity contribution in [2.24, 2.45) is 23.5 Å². The molecule has 1 aromatic rings. The predicted molar refractivity (Wildman–Crippen MR) is 126 cm³/mol. The Kier molecular flexibility index (Phi) is 6.78. The highest BCUT2D eigenvalue weighted by Gasteiger charge is 2.50. The van der Waals surface area contributed by atoms with Crippen LogP contribution in [0.4, 0.5) is 0 Å². The second-order valence-electron chi connectivity index (χ2n) is 10.6. The topological polar surface area (TPSA) is 150 Å². The molecule has 0 spiro atoms. The summed E-state index contributed by atoms with van der Waals surface area (Å²) < 4.78 is 0.0644. The quantitative estimate of drug-likeness (QED) is 0.174. The largest absolute Gasteiger partial charge is 0.511 e. The van der Waals surface area contributed by atoms with Crippen molar-refractivity contribution in [1.29, 1.82) is 0 Å². The fraction of sp³-hybridized carbons (Fsp3) is 0.500. The summed E-state index contributed by atoms with van der Waals surface area (Å²) in [7, 11) is 0. The number of alkyl halides is 1. The maximum absolute atomic E-state index is 13.7. The van der Waals surface area contributed by atoms with Crippen LogP contribution in [0.2, 0.25) is 0 Å². The average molecular weight is 595 g/mol. The molecule has 0 heterocycles. The normalized spacial score (nSPS) is 26.7. The number of hydrogen-bond acceptors (Lipinski definition) is 7. The number of carbonyl (C=O) groups excluding carboxylic acids is 3. The molecule has 3 unspecified atom stereocenters. The number of phenolic OH excluding ortho intramolecular Hbond substituents is 1. The maximum atomic E-state index is 13.7. The summed E-state index contributed by atoms with van der Waals surface area (Å²) in [6.45, 7) is 7.32. The van der Waals surface area contributed by atoms with Crippen molar-refractivity contribution >= 4 is 23.2 Å². The SMILES string of the molecule is C[C@@H]1CC2CC3CC(=O)C(C(N)=O)=C(O)C3C(=O)C2=C(O)c2c1ccc(CNCC(C)(C)[IH+])c2O. The number of primary amides is 1. The lowest BCUT2D eigenvalue weighted by Crippen LogP contribution is -3.43. The van der Waals surface area contributed by atoms with E-state index in [1.54, 1.807) is 0 Å². The first-order valence-electron chi connectivity index (χ1n) is 11.8. The number of Topliss-reactive ketones (excluding diaryl/α,β-unsaturated/α-hetero) is 2. The molecular weight excluding hydrogens is 563 g/mol. The van der Waals surface area contributed by atoms with E-state index in [1.807, 2.05) is 41.6 Å². The van der Waals surface area contributed by atoms with Crippen LogP contribution in [0.15, 0.2) is 29.0 Å². The van der Waals surface area contributed by atoms with Crippen LogP contribution in [-0.4, -0.2) is 42.8 Å². The van der Waals surface area contributed by atoms with E-state index in [9.17, 15) is 29.7 Å². The molecule has 0 aliphatic heterocycles. The number of aliphatic hydroxyl groups excluding tert-OH is 2. The molecule has 6 N–H and O–H groups in total. The van der Waals surface area contributed by atoms with E-state index in [1.165, 1.54) is 0 Å². The zero-order chi connectivity index (χ0) is 25.8. The first-order chi connectivity index (χ1) is 16.3. The fourth-order valence-electron chi connectivity index (χ4n) is 5.82. The third-order valence-electron chi connectivity index (χ3n) is 7.36. The van der Waals surface area contributed by atoms with Gasteiger partial charge in [0.1, 0.15) is 22.8 Å². The fourth-order valence-corrected chi connectivity index (χ4v) is 6.11. The minimum atomic E-state index is -1.11. The summed E-state index contributed by atoms with van der Waals surface area (Å²) in [5, 5.41) is 36.6. The average Bonchev–Trinajstić information content (AvgIpc) is 2.82. The van der Waals surface area contributed by atoms with Crippen LogP contribution in [0.5, 0.6) is 5.75 Å². The van der Waals surface area contributed by atoms with E-state index >= 15 is 0 Å². The first kappa shape index (κ1) is 25.7. The molecule has 1 aromatic carbocycles. The van der Waals surface area contributed by atoms with Crippen LogP contribution in [0, 0.1) is 17.8 Å². The van der Waals surface area contributed by atoms with Crippen LogP contribution >= 0.6 is 0 Å². The van der Waals surface area contributed by atoms with Gasteiger partial charge in [0.15, 0.2) is 15.0 Å². The van der Waals surface area contributed by atoms with E-state index in [-0.39, 0.29) is 44.3 Å². The number of amides is 1. The summed E-state index contributed by atoms with van der Waals surface area (Å²) >= 11 is 2.02. The van der Waals surface area contributed by atoms with Gasteiger partial charge >= 0.3 is 0 Å². The van der Waals surface area contributed by atoms with Crippen molar-refractivity contribution in [2.75, 3.05) is 6.54 Å². The molecule has 1 amide bonds. The van der Waals surface area contributed by atoms with E-state index < -0.39 is 40.6 Å². The molecule has 188 valence electrons. The van der Waals surface area contributed by atoms with E-state index in [4.69, 9.17) is 5.73 Å². The van der Waals surface area contributed by atoms with Crippen molar-refractivity contribution in [1.82, 2.24) is 5.32 Å². The molecule has 9 heteroatoms. The Morgan fingerprint density at radius 3 is 2.51 bits per heavy atom. The number of nitrogens with two attached hydrogens (primary N) is 1. The summed E-state index contributed by atoms with van der Waals surface area (Å²) in [5.41, 5.74) is 6.49. The lowest BCUT2D eigenvalue weighted by Gasteiger charge is -2.39. The summed E-state index contributed by atoms with van der Waals surface area (Å²) in [5.74, 6) is -5.12. The number of nitrogens with one attached hydrogen (secondary N) is 1. The number of phenols is 1. The highest BCUT2D eigenvalue weighted by atomic mass is 127. The number of fused-ring (bicyclic) bond motifs is 3. The van der Waals surface area contributed by atoms with Gasteiger partial charge in [0, 0.05) is 30.6 Å². The van der Waals surface area contributed by atoms with Gasteiger partial charge in [-0.1, -0.05) is 19.1 Å². The third-order valence-corrected chi connectivity index (χ3v) is 7.77. The standard InChI is InChI=1S/C26H31IN2O6/c1-11-6-13-7-14-8-16(30)20(25(28)35)24(34)18(14)22(32)17(13)23(33)19-15(11)5-4-12(21(19)31)9-29-10-26(2,3)27/h4-5,11,13-14,18,27,29H,6-10H2,1-3H3,(H4-,28,30,31,32,33,34,35)/p+1/t11-,13?,14?,18?/m1/s1. The molecule has 35 heavy (non-hydrogen) atoms. The van der Waals surface area contributed by atoms with Crippen molar-refractivity contribution in [2.45, 2.75) is 55.9 Å². The molecule has 0 radical (unpaired) electrons. The highest BCUT2D eigenvalue weighted by Crippen LogP contribution is 2.51. The molecule has 1 fully saturated rings. The van der Waals surface area contributed by atoms with Gasteiger partial charge in [0.2, 0.25) is 0 Å². The smallest absolute Gasteiger partial charge is 0.259 e. The Labute approximate surface area is 217 Å². The van der Waals surface area contributed by atoms with Gasteiger partial charge in [-0.15, -0.1) is 0 Å². The molecule has 1 saturated carbocycles. The molecule has 3 aliphatic carbocycles. The van der Waals surface area contributed by atoms with E-state index in [0.29, 0.717) is 24.9 Å². The van der Waals surface area contributed by atoms with Gasteiger partial charge in [0.25, 0.3) is 28.5 Å². The van der Waals surface area contributed by atoms with Gasteiger partial charge in [0.05, 0.1) is 11.5 Å². The number of rotatable bonds is 5. The van der Waals surface area contributed by atoms with Crippen LogP contribution in [0.1, 0.15) is 62.6 Å². The second-order valence-corrected chi connectivity index (χ2v) is 13.7. The number of carbonyl (C=O) groups is 3. The summed E-state index contributed by atoms with van der Waals surface area (Å²) in [6, 6.07) is 3.72. The number of ketones is 2. The van der Waals surface area contributed by atoms with Gasteiger partial charge in [-0.05, 0) is 50.0 Å². The zero-order valence-corrected chi connectivity index (χ0v) is 22.4. The van der Waals surface area contributed by atoms with E-state index in [2.05, 4.69) is 19.2 Å². The summed E-state index contributed by atoms with van der Waals surface area (Å²) in [6.07, 6.45) is 0.890. The minimum Gasteiger partial charge on any atom is -0.511 e. The number of hydrogen-bond donors (Lipinski definition) is 5. The van der Waals surface area contributed by atoms with Crippen LogP contribution < -0.4 is 33.6 Å². The Morgan fingerprint density at radius 2 is 1.89 bits per heavy atom. The lowest BCUT2D eigenvalue weighted by atomic mass is 9.63. The zero-order valence-electron chi connectivity index (χ0n) is 20.1. The van der Waals surface area contributed by atoms with Crippen LogP contribution in [-0.2, 0) is 20.9 Å². The first-order valence-corrected chi connectivity index (χ1v) is 13.0. The summed E-state index contributed by atoms with van der Waals surface area (Å²) in [4.78, 5) is 37.9. The molecule has 0 saturated heterocycles. The van der Waals surface area contributed by atoms with Crippen molar-refractivity contribution in [3.63, 3.8) is 0 Å². The van der Waals surface area contributed by atoms with Gasteiger partial charge < -0.3 is 26.4 Å². The van der Waals surface area contributed by atoms with Gasteiger partial charge in [-0.2, -0.15) is 0 Å².